The second-order valence-electron chi connectivity index (χ2n) is 5.45. The molecule has 4 heteroatoms. The minimum atomic E-state index is -0.468. The van der Waals surface area contributed by atoms with Gasteiger partial charge in [-0.2, -0.15) is 0 Å². The van der Waals surface area contributed by atoms with Crippen LogP contribution in [0.25, 0.3) is 0 Å². The molecule has 0 aromatic carbocycles. The average molecular weight is 242 g/mol. The van der Waals surface area contributed by atoms with Crippen molar-refractivity contribution in [2.45, 2.75) is 38.6 Å². The van der Waals surface area contributed by atoms with Crippen molar-refractivity contribution in [3.63, 3.8) is 0 Å². The first-order chi connectivity index (χ1) is 7.97. The zero-order valence-electron chi connectivity index (χ0n) is 11.6. The number of ether oxygens (including phenoxy) is 1. The van der Waals surface area contributed by atoms with E-state index in [0.717, 1.165) is 44.9 Å². The molecule has 1 aliphatic heterocycles. The number of amides is 1. The highest BCUT2D eigenvalue weighted by atomic mass is 16.5. The summed E-state index contributed by atoms with van der Waals surface area (Å²) in [6.45, 7) is 6.43. The summed E-state index contributed by atoms with van der Waals surface area (Å²) < 4.78 is 5.34. The van der Waals surface area contributed by atoms with Crippen LogP contribution in [0.4, 0.5) is 0 Å². The normalized spacial score (nSPS) is 18.1. The van der Waals surface area contributed by atoms with Crippen LogP contribution in [-0.4, -0.2) is 50.2 Å². The summed E-state index contributed by atoms with van der Waals surface area (Å²) in [5.74, 6) is 0.878. The molecule has 0 aromatic heterocycles. The Balaban J connectivity index is 2.33. The van der Waals surface area contributed by atoms with Gasteiger partial charge in [-0.3, -0.25) is 4.79 Å². The Bertz CT molecular complexity index is 248. The predicted octanol–water partition coefficient (Wildman–Crippen LogP) is 1.26. The van der Waals surface area contributed by atoms with Crippen LogP contribution >= 0.6 is 0 Å². The van der Waals surface area contributed by atoms with Gasteiger partial charge in [-0.1, -0.05) is 0 Å². The summed E-state index contributed by atoms with van der Waals surface area (Å²) in [5.41, 5.74) is -0.468. The number of likely N-dealkylation sites (N-methyl/N-ethyl adjacent to an activating group) is 2. The van der Waals surface area contributed by atoms with Gasteiger partial charge in [-0.05, 0) is 46.1 Å². The Labute approximate surface area is 105 Å². The van der Waals surface area contributed by atoms with E-state index in [1.807, 2.05) is 32.8 Å². The van der Waals surface area contributed by atoms with E-state index in [2.05, 4.69) is 5.32 Å². The van der Waals surface area contributed by atoms with Gasteiger partial charge in [0, 0.05) is 26.8 Å². The van der Waals surface area contributed by atoms with Gasteiger partial charge in [0.15, 0.2) is 0 Å². The van der Waals surface area contributed by atoms with Crippen molar-refractivity contribution in [1.29, 1.82) is 0 Å². The molecule has 0 radical (unpaired) electrons. The number of carbonyl (C=O) groups is 1. The SMILES string of the molecule is CNC(C)(C)C(=O)N(C)CCC1CCOCC1. The van der Waals surface area contributed by atoms with Crippen LogP contribution in [0.2, 0.25) is 0 Å². The van der Waals surface area contributed by atoms with Gasteiger partial charge in [0.2, 0.25) is 5.91 Å². The summed E-state index contributed by atoms with van der Waals surface area (Å²) in [6.07, 6.45) is 3.36. The van der Waals surface area contributed by atoms with Gasteiger partial charge in [0.25, 0.3) is 0 Å². The topological polar surface area (TPSA) is 41.6 Å². The van der Waals surface area contributed by atoms with Gasteiger partial charge in [-0.25, -0.2) is 0 Å². The van der Waals surface area contributed by atoms with Crippen LogP contribution in [0, 0.1) is 5.92 Å². The minimum absolute atomic E-state index is 0.159. The van der Waals surface area contributed by atoms with Crippen molar-refractivity contribution in [2.75, 3.05) is 33.9 Å². The van der Waals surface area contributed by atoms with E-state index in [1.165, 1.54) is 0 Å². The fraction of sp³-hybridized carbons (Fsp3) is 0.923. The van der Waals surface area contributed by atoms with Gasteiger partial charge in [-0.15, -0.1) is 0 Å². The molecule has 0 spiro atoms. The molecule has 0 unspecified atom stereocenters. The van der Waals surface area contributed by atoms with Crippen LogP contribution in [-0.2, 0) is 9.53 Å². The number of carbonyl (C=O) groups excluding carboxylic acids is 1. The summed E-state index contributed by atoms with van der Waals surface area (Å²) >= 11 is 0. The maximum absolute atomic E-state index is 12.1. The lowest BCUT2D eigenvalue weighted by molar-refractivity contribution is -0.135. The Morgan fingerprint density at radius 1 is 1.41 bits per heavy atom. The van der Waals surface area contributed by atoms with Crippen molar-refractivity contribution in [3.05, 3.63) is 0 Å². The van der Waals surface area contributed by atoms with E-state index in [-0.39, 0.29) is 5.91 Å². The smallest absolute Gasteiger partial charge is 0.242 e. The molecule has 1 N–H and O–H groups in total. The molecule has 1 aliphatic rings. The summed E-state index contributed by atoms with van der Waals surface area (Å²) in [6, 6.07) is 0. The quantitative estimate of drug-likeness (QED) is 0.789. The zero-order valence-corrected chi connectivity index (χ0v) is 11.6. The Kier molecular flexibility index (Phi) is 5.40. The number of nitrogens with one attached hydrogen (secondary N) is 1. The summed E-state index contributed by atoms with van der Waals surface area (Å²) in [5, 5.41) is 3.05. The third kappa shape index (κ3) is 4.28. The molecule has 4 nitrogen and oxygen atoms in total. The number of nitrogens with zero attached hydrogens (tertiary/aromatic N) is 1. The highest BCUT2D eigenvalue weighted by Gasteiger charge is 2.28. The second-order valence-corrected chi connectivity index (χ2v) is 5.45. The number of hydrogen-bond donors (Lipinski definition) is 1. The monoisotopic (exact) mass is 242 g/mol. The molecule has 1 heterocycles. The van der Waals surface area contributed by atoms with Crippen molar-refractivity contribution >= 4 is 5.91 Å². The van der Waals surface area contributed by atoms with Crippen LogP contribution in [0.3, 0.4) is 0 Å². The van der Waals surface area contributed by atoms with E-state index in [9.17, 15) is 4.79 Å². The highest BCUT2D eigenvalue weighted by Crippen LogP contribution is 2.19. The van der Waals surface area contributed by atoms with Gasteiger partial charge in [0.1, 0.15) is 0 Å². The van der Waals surface area contributed by atoms with E-state index in [1.54, 1.807) is 0 Å². The average Bonchev–Trinajstić information content (AvgIpc) is 2.36. The first-order valence-corrected chi connectivity index (χ1v) is 6.49. The van der Waals surface area contributed by atoms with Gasteiger partial charge < -0.3 is 15.0 Å². The second kappa shape index (κ2) is 6.36. The fourth-order valence-corrected chi connectivity index (χ4v) is 2.10. The third-order valence-electron chi connectivity index (χ3n) is 3.72. The predicted molar refractivity (Wildman–Crippen MR) is 68.9 cm³/mol. The van der Waals surface area contributed by atoms with Crippen molar-refractivity contribution in [1.82, 2.24) is 10.2 Å². The first-order valence-electron chi connectivity index (χ1n) is 6.49. The molecule has 17 heavy (non-hydrogen) atoms. The van der Waals surface area contributed by atoms with Crippen LogP contribution < -0.4 is 5.32 Å². The largest absolute Gasteiger partial charge is 0.381 e. The van der Waals surface area contributed by atoms with Crippen LogP contribution in [0.15, 0.2) is 0 Å². The molecular weight excluding hydrogens is 216 g/mol. The number of rotatable bonds is 5. The molecule has 0 aromatic rings. The lowest BCUT2D eigenvalue weighted by atomic mass is 9.96. The van der Waals surface area contributed by atoms with Crippen molar-refractivity contribution in [2.24, 2.45) is 5.92 Å². The molecule has 0 aliphatic carbocycles. The standard InChI is InChI=1S/C13H26N2O2/c1-13(2,14-3)12(16)15(4)8-5-11-6-9-17-10-7-11/h11,14H,5-10H2,1-4H3. The van der Waals surface area contributed by atoms with Gasteiger partial charge in [0.05, 0.1) is 5.54 Å². The molecule has 0 saturated carbocycles. The van der Waals surface area contributed by atoms with Gasteiger partial charge >= 0.3 is 0 Å². The first kappa shape index (κ1) is 14.5. The number of hydrogen-bond acceptors (Lipinski definition) is 3. The van der Waals surface area contributed by atoms with Crippen molar-refractivity contribution in [3.8, 4) is 0 Å². The highest BCUT2D eigenvalue weighted by molar-refractivity contribution is 5.85. The molecule has 1 rings (SSSR count). The molecule has 1 amide bonds. The molecular formula is C13H26N2O2. The third-order valence-corrected chi connectivity index (χ3v) is 3.72. The van der Waals surface area contributed by atoms with Crippen LogP contribution in [0.5, 0.6) is 0 Å². The van der Waals surface area contributed by atoms with Crippen LogP contribution in [0.1, 0.15) is 33.1 Å². The van der Waals surface area contributed by atoms with Crippen molar-refractivity contribution < 1.29 is 9.53 Å². The summed E-state index contributed by atoms with van der Waals surface area (Å²) in [4.78, 5) is 13.9. The summed E-state index contributed by atoms with van der Waals surface area (Å²) in [7, 11) is 3.71. The molecule has 1 fully saturated rings. The molecule has 1 saturated heterocycles. The maximum atomic E-state index is 12.1. The lowest BCUT2D eigenvalue weighted by Crippen LogP contribution is -2.51. The molecule has 0 bridgehead atoms. The zero-order chi connectivity index (χ0) is 12.9. The lowest BCUT2D eigenvalue weighted by Gasteiger charge is -2.30. The van der Waals surface area contributed by atoms with E-state index in [4.69, 9.17) is 4.74 Å². The Morgan fingerprint density at radius 3 is 2.53 bits per heavy atom. The molecule has 0 atom stereocenters. The van der Waals surface area contributed by atoms with E-state index >= 15 is 0 Å². The Morgan fingerprint density at radius 2 is 2.00 bits per heavy atom. The fourth-order valence-electron chi connectivity index (χ4n) is 2.10. The molecule has 100 valence electrons. The minimum Gasteiger partial charge on any atom is -0.381 e. The van der Waals surface area contributed by atoms with E-state index < -0.39 is 5.54 Å². The van der Waals surface area contributed by atoms with E-state index in [0.29, 0.717) is 0 Å². The maximum Gasteiger partial charge on any atom is 0.242 e. The Hall–Kier alpha value is -0.610.